The van der Waals surface area contributed by atoms with Gasteiger partial charge in [-0.3, -0.25) is 19.1 Å². The molecule has 2 aromatic rings. The van der Waals surface area contributed by atoms with Gasteiger partial charge in [-0.1, -0.05) is 34.1 Å². The molecule has 7 rings (SSSR count). The Bertz CT molecular complexity index is 2270. The van der Waals surface area contributed by atoms with Gasteiger partial charge in [0.05, 0.1) is 28.2 Å². The lowest BCUT2D eigenvalue weighted by molar-refractivity contribution is -0.274. The zero-order valence-electron chi connectivity index (χ0n) is 35.0. The normalized spacial score (nSPS) is 30.7. The number of carbonyl (C=O) groups is 4. The van der Waals surface area contributed by atoms with Crippen LogP contribution < -0.4 is 24.8 Å². The fourth-order valence-electron chi connectivity index (χ4n) is 8.50. The molecule has 2 aliphatic heterocycles. The van der Waals surface area contributed by atoms with Crippen LogP contribution in [0.2, 0.25) is 0 Å². The van der Waals surface area contributed by atoms with E-state index in [0.29, 0.717) is 19.3 Å². The number of amides is 4. The lowest BCUT2D eigenvalue weighted by Crippen LogP contribution is -2.61. The summed E-state index contributed by atoms with van der Waals surface area (Å²) in [4.78, 5) is 65.7. The topological polar surface area (TPSA) is 195 Å². The minimum Gasteiger partial charge on any atom is -0.471 e. The van der Waals surface area contributed by atoms with Crippen molar-refractivity contribution in [1.82, 2.24) is 30.2 Å². The number of alkyl halides is 7. The van der Waals surface area contributed by atoms with Crippen molar-refractivity contribution in [2.24, 2.45) is 23.2 Å². The molecule has 5 aliphatic rings. The highest BCUT2D eigenvalue weighted by Crippen LogP contribution is 2.50. The number of nitrogens with one attached hydrogen (secondary N) is 3. The lowest BCUT2D eigenvalue weighted by Gasteiger charge is -2.36. The third-order valence-electron chi connectivity index (χ3n) is 12.8. The lowest BCUT2D eigenvalue weighted by atomic mass is 9.85. The van der Waals surface area contributed by atoms with Crippen LogP contribution in [0.5, 0.6) is 11.6 Å². The standard InChI is InChI=1S/C40H49F7N6O9S/c1-6-21-26-18-53(27(21)31(54)51-38(17-22(38)30(41)42)34(56)52-63(58,59)37(5)13-14-37)33(55)29(36(2,3)4)50-35(57)61-25-15-19(25)9-7-8-12-39(43,44)28-32(60-26)49-24-16-20(62-40(45,46)47)10-11-23(24)48-28/h10-11,16,19,21-22,25-27,29-30H,6-9,12-15,17-18H2,1-5H3,(H,50,57)(H,51,54)(H,52,56). The molecule has 3 N–H and O–H groups in total. The predicted octanol–water partition coefficient (Wildman–Crippen LogP) is 5.85. The Morgan fingerprint density at radius 3 is 2.33 bits per heavy atom. The third-order valence-corrected chi connectivity index (χ3v) is 14.9. The Morgan fingerprint density at radius 2 is 1.73 bits per heavy atom. The molecule has 4 amide bonds. The van der Waals surface area contributed by atoms with Crippen molar-refractivity contribution >= 4 is 44.9 Å². The molecule has 15 nitrogen and oxygen atoms in total. The third kappa shape index (κ3) is 9.43. The molecule has 8 unspecified atom stereocenters. The van der Waals surface area contributed by atoms with Crippen molar-refractivity contribution in [2.45, 2.75) is 146 Å². The SMILES string of the molecule is CCC1C2CN(C(=O)C(C(C)(C)C)NC(=O)OC3CC3CCCCC(F)(F)c3nc4ccc(OC(F)(F)F)cc4nc3O2)C1C(=O)NC1(C(=O)NS(=O)(=O)C2(C)CC2)CC1C(F)F. The number of fused-ring (bicyclic) bond motifs is 5. The fraction of sp³-hybridized carbons (Fsp3) is 0.700. The number of carbonyl (C=O) groups excluding carboxylic acids is 4. The molecule has 63 heavy (non-hydrogen) atoms. The molecule has 3 aliphatic carbocycles. The number of aromatic nitrogens is 2. The zero-order valence-corrected chi connectivity index (χ0v) is 35.8. The first-order valence-corrected chi connectivity index (χ1v) is 22.2. The highest BCUT2D eigenvalue weighted by atomic mass is 32.2. The van der Waals surface area contributed by atoms with Crippen LogP contribution in [0.4, 0.5) is 35.5 Å². The molecule has 1 aromatic heterocycles. The van der Waals surface area contributed by atoms with Crippen LogP contribution in [0, 0.1) is 23.2 Å². The number of benzene rings is 1. The summed E-state index contributed by atoms with van der Waals surface area (Å²) in [5.41, 5.74) is -5.09. The quantitative estimate of drug-likeness (QED) is 0.269. The molecule has 8 atom stereocenters. The monoisotopic (exact) mass is 922 g/mol. The maximum Gasteiger partial charge on any atom is 0.573 e. The summed E-state index contributed by atoms with van der Waals surface area (Å²) in [6, 6.07) is -0.460. The Balaban J connectivity index is 1.31. The summed E-state index contributed by atoms with van der Waals surface area (Å²) in [7, 11) is -4.38. The number of sulfonamides is 1. The molecule has 1 aromatic carbocycles. The number of ether oxygens (including phenoxy) is 3. The number of hydrogen-bond donors (Lipinski definition) is 3. The molecule has 3 saturated carbocycles. The van der Waals surface area contributed by atoms with Crippen LogP contribution in [0.25, 0.3) is 11.0 Å². The van der Waals surface area contributed by atoms with E-state index >= 15 is 8.78 Å². The van der Waals surface area contributed by atoms with Gasteiger partial charge in [0.1, 0.15) is 35.6 Å². The smallest absolute Gasteiger partial charge is 0.471 e. The van der Waals surface area contributed by atoms with E-state index in [4.69, 9.17) is 9.47 Å². The Morgan fingerprint density at radius 1 is 1.03 bits per heavy atom. The summed E-state index contributed by atoms with van der Waals surface area (Å²) in [6.45, 7) is 7.13. The first kappa shape index (κ1) is 46.3. The van der Waals surface area contributed by atoms with Gasteiger partial charge in [0, 0.05) is 18.4 Å². The van der Waals surface area contributed by atoms with Crippen LogP contribution in [0.1, 0.15) is 98.1 Å². The molecule has 0 radical (unpaired) electrons. The van der Waals surface area contributed by atoms with Gasteiger partial charge in [0.15, 0.2) is 5.69 Å². The maximum atomic E-state index is 16.4. The van der Waals surface area contributed by atoms with Crippen molar-refractivity contribution < 1.29 is 72.5 Å². The highest BCUT2D eigenvalue weighted by molar-refractivity contribution is 7.91. The van der Waals surface area contributed by atoms with Crippen molar-refractivity contribution in [1.29, 1.82) is 0 Å². The Labute approximate surface area is 358 Å². The van der Waals surface area contributed by atoms with Crippen molar-refractivity contribution in [3.63, 3.8) is 0 Å². The largest absolute Gasteiger partial charge is 0.573 e. The Hall–Kier alpha value is -4.70. The molecule has 348 valence electrons. The fourth-order valence-corrected chi connectivity index (χ4v) is 9.81. The van der Waals surface area contributed by atoms with E-state index < -0.39 is 141 Å². The zero-order chi connectivity index (χ0) is 46.2. The second kappa shape index (κ2) is 16.1. The molecule has 2 bridgehead atoms. The van der Waals surface area contributed by atoms with Gasteiger partial charge in [0.2, 0.25) is 34.1 Å². The van der Waals surface area contributed by atoms with E-state index in [1.165, 1.54) is 6.92 Å². The molecular formula is C40H49F7N6O9S. The van der Waals surface area contributed by atoms with Crippen LogP contribution in [0.3, 0.4) is 0 Å². The van der Waals surface area contributed by atoms with E-state index in [9.17, 15) is 49.5 Å². The first-order chi connectivity index (χ1) is 29.2. The van der Waals surface area contributed by atoms with Gasteiger partial charge in [-0.2, -0.15) is 8.78 Å². The summed E-state index contributed by atoms with van der Waals surface area (Å²) in [5.74, 6) is -12.0. The van der Waals surface area contributed by atoms with Crippen molar-refractivity contribution in [3.05, 3.63) is 23.9 Å². The van der Waals surface area contributed by atoms with Gasteiger partial charge in [-0.25, -0.2) is 32.0 Å². The minimum atomic E-state index is -5.12. The number of alkyl carbamates (subject to hydrolysis) is 1. The molecule has 1 saturated heterocycles. The van der Waals surface area contributed by atoms with E-state index in [0.717, 1.165) is 23.1 Å². The second-order valence-electron chi connectivity index (χ2n) is 18.6. The Kier molecular flexibility index (Phi) is 11.8. The summed E-state index contributed by atoms with van der Waals surface area (Å²) in [5, 5.41) is 4.91. The molecule has 23 heteroatoms. The van der Waals surface area contributed by atoms with E-state index in [1.807, 2.05) is 4.72 Å². The maximum absolute atomic E-state index is 16.4. The number of hydrogen-bond acceptors (Lipinski definition) is 11. The van der Waals surface area contributed by atoms with Gasteiger partial charge in [-0.15, -0.1) is 13.2 Å². The number of halogens is 7. The highest BCUT2D eigenvalue weighted by Gasteiger charge is 2.68. The summed E-state index contributed by atoms with van der Waals surface area (Å²) >= 11 is 0. The van der Waals surface area contributed by atoms with Crippen LogP contribution >= 0.6 is 0 Å². The van der Waals surface area contributed by atoms with E-state index in [-0.39, 0.29) is 42.6 Å². The summed E-state index contributed by atoms with van der Waals surface area (Å²) < 4.78 is 143. The predicted molar refractivity (Wildman–Crippen MR) is 207 cm³/mol. The molecular weight excluding hydrogens is 874 g/mol. The van der Waals surface area contributed by atoms with E-state index in [2.05, 4.69) is 25.3 Å². The van der Waals surface area contributed by atoms with Gasteiger partial charge >= 0.3 is 12.5 Å². The van der Waals surface area contributed by atoms with E-state index in [1.54, 1.807) is 27.7 Å². The van der Waals surface area contributed by atoms with Crippen LogP contribution in [-0.4, -0.2) is 101 Å². The average molecular weight is 923 g/mol. The number of rotatable bonds is 8. The average Bonchev–Trinajstić information content (AvgIpc) is 4.12. The van der Waals surface area contributed by atoms with Crippen molar-refractivity contribution in [3.8, 4) is 11.6 Å². The van der Waals surface area contributed by atoms with Crippen LogP contribution in [-0.2, 0) is 35.1 Å². The summed E-state index contributed by atoms with van der Waals surface area (Å²) in [6.07, 6.45) is -11.3. The van der Waals surface area contributed by atoms with Gasteiger partial charge in [0.25, 0.3) is 11.8 Å². The molecule has 4 fully saturated rings. The second-order valence-corrected chi connectivity index (χ2v) is 20.8. The van der Waals surface area contributed by atoms with Crippen LogP contribution in [0.15, 0.2) is 18.2 Å². The molecule has 3 heterocycles. The first-order valence-electron chi connectivity index (χ1n) is 20.8. The minimum absolute atomic E-state index is 0.0347. The van der Waals surface area contributed by atoms with Crippen molar-refractivity contribution in [2.75, 3.05) is 6.54 Å². The van der Waals surface area contributed by atoms with Gasteiger partial charge < -0.3 is 29.7 Å². The molecule has 0 spiro atoms. The number of nitrogens with zero attached hydrogens (tertiary/aromatic N) is 3. The van der Waals surface area contributed by atoms with Gasteiger partial charge in [-0.05, 0) is 75.3 Å².